The third kappa shape index (κ3) is 9.82. The molecule has 4 aliphatic heterocycles. The molecule has 16 nitrogen and oxygen atoms in total. The lowest BCUT2D eigenvalue weighted by atomic mass is 9.95. The van der Waals surface area contributed by atoms with Crippen molar-refractivity contribution in [2.24, 2.45) is 5.92 Å². The minimum atomic E-state index is -3.70. The van der Waals surface area contributed by atoms with E-state index in [0.717, 1.165) is 22.3 Å². The van der Waals surface area contributed by atoms with Gasteiger partial charge in [-0.05, 0) is 79.6 Å². The molecule has 0 aliphatic carbocycles. The molecule has 330 valence electrons. The first-order chi connectivity index (χ1) is 30.2. The van der Waals surface area contributed by atoms with Gasteiger partial charge >= 0.3 is 0 Å². The molecule has 0 aromatic heterocycles. The number of piperidine rings is 2. The second-order valence-corrected chi connectivity index (χ2v) is 18.4. The highest BCUT2D eigenvalue weighted by Gasteiger charge is 2.44. The summed E-state index contributed by atoms with van der Waals surface area (Å²) in [6.07, 6.45) is 4.02. The first-order valence-corrected chi connectivity index (χ1v) is 22.9. The summed E-state index contributed by atoms with van der Waals surface area (Å²) in [5, 5.41) is 5.07. The molecule has 63 heavy (non-hydrogen) atoms. The Bertz CT molecular complexity index is 2560. The standard InChI is InChI=1S/C46H49N5O11S/c1-61-26-31-24-30(16-18-38(31)62-2)37(27-63(3,59)60)51-45(57)33-10-7-11-35(42(33)46(51)58)47-39(52)12-4-5-13-41(54)49-22-20-28(21-23-49)14-15-29-8-6-9-32-34(29)25-50(44(32)56)36-17-19-40(53)48-43(36)55/h6-11,16,18,24,28,36-37H,4-5,12-13,17,19-23,25-27H2,1-3H3,(H,47,52)(H,48,53,55)/t36?,37-/m1/s1. The predicted molar refractivity (Wildman–Crippen MR) is 229 cm³/mol. The number of amides is 7. The van der Waals surface area contributed by atoms with Crippen LogP contribution in [0.5, 0.6) is 5.75 Å². The SMILES string of the molecule is COCc1cc([C@@H](CS(C)(=O)=O)N2C(=O)c3cccc(NC(=O)CCCCC(=O)N4CCC(C#Cc5cccc6c5CN(C5CCC(=O)NC5=O)C6=O)CC4)c3C2=O)ccc1OC. The van der Waals surface area contributed by atoms with Crippen LogP contribution >= 0.6 is 0 Å². The van der Waals surface area contributed by atoms with Crippen LogP contribution in [0, 0.1) is 17.8 Å². The Hall–Kier alpha value is -6.38. The second kappa shape index (κ2) is 18.9. The zero-order valence-corrected chi connectivity index (χ0v) is 36.2. The van der Waals surface area contributed by atoms with Gasteiger partial charge in [0.1, 0.15) is 21.6 Å². The van der Waals surface area contributed by atoms with E-state index in [2.05, 4.69) is 22.5 Å². The average Bonchev–Trinajstić information content (AvgIpc) is 3.72. The summed E-state index contributed by atoms with van der Waals surface area (Å²) < 4.78 is 35.9. The number of sulfone groups is 1. The fraction of sp³-hybridized carbons (Fsp3) is 0.413. The Labute approximate surface area is 365 Å². The Balaban J connectivity index is 0.898. The summed E-state index contributed by atoms with van der Waals surface area (Å²) in [6.45, 7) is 1.46. The lowest BCUT2D eigenvalue weighted by Crippen LogP contribution is -2.52. The average molecular weight is 880 g/mol. The third-order valence-corrected chi connectivity index (χ3v) is 12.8. The number of unbranched alkanes of at least 4 members (excludes halogenated alkanes) is 1. The number of nitrogens with zero attached hydrogens (tertiary/aromatic N) is 3. The molecular formula is C46H49N5O11S. The van der Waals surface area contributed by atoms with Crippen LogP contribution in [0.2, 0.25) is 0 Å². The number of benzene rings is 3. The van der Waals surface area contributed by atoms with Crippen molar-refractivity contribution in [2.45, 2.75) is 76.6 Å². The van der Waals surface area contributed by atoms with Gasteiger partial charge in [0.15, 0.2) is 0 Å². The molecule has 2 saturated heterocycles. The number of carbonyl (C=O) groups excluding carboxylic acids is 7. The van der Waals surface area contributed by atoms with Crippen molar-refractivity contribution in [1.29, 1.82) is 0 Å². The van der Waals surface area contributed by atoms with E-state index in [9.17, 15) is 42.0 Å². The summed E-state index contributed by atoms with van der Waals surface area (Å²) in [5.41, 5.74) is 3.14. The van der Waals surface area contributed by atoms with Crippen molar-refractivity contribution in [1.82, 2.24) is 20.0 Å². The van der Waals surface area contributed by atoms with Crippen LogP contribution in [0.4, 0.5) is 5.69 Å². The van der Waals surface area contributed by atoms with E-state index in [-0.39, 0.29) is 79.3 Å². The van der Waals surface area contributed by atoms with E-state index >= 15 is 0 Å². The number of ether oxygens (including phenoxy) is 2. The number of fused-ring (bicyclic) bond motifs is 2. The van der Waals surface area contributed by atoms with E-state index in [4.69, 9.17) is 9.47 Å². The van der Waals surface area contributed by atoms with Gasteiger partial charge in [-0.3, -0.25) is 43.8 Å². The van der Waals surface area contributed by atoms with Crippen LogP contribution in [-0.4, -0.2) is 110 Å². The summed E-state index contributed by atoms with van der Waals surface area (Å²) in [4.78, 5) is 95.6. The lowest BCUT2D eigenvalue weighted by Gasteiger charge is -2.30. The molecule has 2 fully saturated rings. The first kappa shape index (κ1) is 44.7. The van der Waals surface area contributed by atoms with E-state index < -0.39 is 51.3 Å². The number of carbonyl (C=O) groups is 7. The first-order valence-electron chi connectivity index (χ1n) is 20.9. The lowest BCUT2D eigenvalue weighted by molar-refractivity contribution is -0.137. The number of likely N-dealkylation sites (tertiary alicyclic amines) is 1. The fourth-order valence-electron chi connectivity index (χ4n) is 8.66. The van der Waals surface area contributed by atoms with Crippen LogP contribution in [0.15, 0.2) is 54.6 Å². The van der Waals surface area contributed by atoms with E-state index in [1.54, 1.807) is 41.3 Å². The van der Waals surface area contributed by atoms with Gasteiger partial charge in [-0.25, -0.2) is 8.42 Å². The molecule has 2 atom stereocenters. The molecule has 0 spiro atoms. The minimum absolute atomic E-state index is 0.0188. The molecular weight excluding hydrogens is 831 g/mol. The summed E-state index contributed by atoms with van der Waals surface area (Å²) in [7, 11) is -0.718. The fourth-order valence-corrected chi connectivity index (χ4v) is 9.57. The highest BCUT2D eigenvalue weighted by atomic mass is 32.2. The molecule has 0 bridgehead atoms. The second-order valence-electron chi connectivity index (χ2n) is 16.2. The van der Waals surface area contributed by atoms with Crippen LogP contribution in [-0.2, 0) is 46.9 Å². The Kier molecular flexibility index (Phi) is 13.4. The van der Waals surface area contributed by atoms with Crippen molar-refractivity contribution in [2.75, 3.05) is 44.6 Å². The van der Waals surface area contributed by atoms with Gasteiger partial charge in [0.05, 0.1) is 42.3 Å². The number of rotatable bonds is 14. The topological polar surface area (TPSA) is 206 Å². The molecule has 3 aromatic carbocycles. The van der Waals surface area contributed by atoms with E-state index in [1.165, 1.54) is 31.3 Å². The highest BCUT2D eigenvalue weighted by Crippen LogP contribution is 2.37. The van der Waals surface area contributed by atoms with Crippen LogP contribution in [0.1, 0.15) is 111 Å². The smallest absolute Gasteiger partial charge is 0.264 e. The van der Waals surface area contributed by atoms with Gasteiger partial charge in [-0.15, -0.1) is 0 Å². The quantitative estimate of drug-likeness (QED) is 0.136. The molecule has 7 rings (SSSR count). The minimum Gasteiger partial charge on any atom is -0.496 e. The third-order valence-electron chi connectivity index (χ3n) is 11.9. The Morgan fingerprint density at radius 2 is 1.63 bits per heavy atom. The van der Waals surface area contributed by atoms with E-state index in [0.29, 0.717) is 61.2 Å². The van der Waals surface area contributed by atoms with Crippen molar-refractivity contribution < 1.29 is 51.5 Å². The molecule has 1 unspecified atom stereocenters. The monoisotopic (exact) mass is 879 g/mol. The molecule has 3 aromatic rings. The molecule has 0 saturated carbocycles. The molecule has 2 N–H and O–H groups in total. The van der Waals surface area contributed by atoms with Crippen molar-refractivity contribution in [3.05, 3.63) is 93.5 Å². The summed E-state index contributed by atoms with van der Waals surface area (Å²) in [6, 6.07) is 12.9. The number of imide groups is 2. The molecule has 4 heterocycles. The summed E-state index contributed by atoms with van der Waals surface area (Å²) >= 11 is 0. The van der Waals surface area contributed by atoms with E-state index in [1.807, 2.05) is 6.07 Å². The Morgan fingerprint density at radius 1 is 0.905 bits per heavy atom. The predicted octanol–water partition coefficient (Wildman–Crippen LogP) is 3.77. The molecule has 7 amide bonds. The zero-order valence-electron chi connectivity index (χ0n) is 35.4. The molecule has 4 aliphatic rings. The maximum absolute atomic E-state index is 14.0. The van der Waals surface area contributed by atoms with Gasteiger partial charge in [0.25, 0.3) is 17.7 Å². The zero-order chi connectivity index (χ0) is 45.0. The summed E-state index contributed by atoms with van der Waals surface area (Å²) in [5.74, 6) is 3.70. The maximum Gasteiger partial charge on any atom is 0.264 e. The molecule has 17 heteroatoms. The van der Waals surface area contributed by atoms with Gasteiger partial charge in [-0.1, -0.05) is 30.0 Å². The number of anilines is 1. The number of hydrogen-bond acceptors (Lipinski definition) is 11. The van der Waals surface area contributed by atoms with Crippen molar-refractivity contribution in [3.8, 4) is 17.6 Å². The van der Waals surface area contributed by atoms with Gasteiger partial charge in [0, 0.05) is 74.9 Å². The molecule has 0 radical (unpaired) electrons. The maximum atomic E-state index is 14.0. The van der Waals surface area contributed by atoms with Crippen molar-refractivity contribution >= 4 is 56.9 Å². The van der Waals surface area contributed by atoms with Crippen LogP contribution in [0.25, 0.3) is 0 Å². The number of hydrogen-bond donors (Lipinski definition) is 2. The Morgan fingerprint density at radius 3 is 2.35 bits per heavy atom. The number of methoxy groups -OCH3 is 2. The van der Waals surface area contributed by atoms with Crippen LogP contribution < -0.4 is 15.4 Å². The van der Waals surface area contributed by atoms with Gasteiger partial charge < -0.3 is 24.6 Å². The van der Waals surface area contributed by atoms with Gasteiger partial charge in [-0.2, -0.15) is 0 Å². The largest absolute Gasteiger partial charge is 0.496 e. The van der Waals surface area contributed by atoms with Crippen LogP contribution in [0.3, 0.4) is 0 Å². The normalized spacial score (nSPS) is 18.1. The van der Waals surface area contributed by atoms with Crippen molar-refractivity contribution in [3.63, 3.8) is 0 Å². The number of nitrogens with one attached hydrogen (secondary N) is 2. The van der Waals surface area contributed by atoms with Gasteiger partial charge in [0.2, 0.25) is 23.6 Å². The highest BCUT2D eigenvalue weighted by molar-refractivity contribution is 7.90.